The molecule has 2 unspecified atom stereocenters. The van der Waals surface area contributed by atoms with Crippen LogP contribution in [0.3, 0.4) is 0 Å². The number of carboxylic acid groups (broad SMARTS) is 1. The number of carbonyl (C=O) groups is 1. The Labute approximate surface area is 114 Å². The van der Waals surface area contributed by atoms with Crippen molar-refractivity contribution in [1.29, 1.82) is 0 Å². The Morgan fingerprint density at radius 1 is 1.25 bits per heavy atom. The lowest BCUT2D eigenvalue weighted by Crippen LogP contribution is -2.31. The second-order valence-electron chi connectivity index (χ2n) is 5.09. The van der Waals surface area contributed by atoms with Crippen LogP contribution in [0.4, 0.5) is 18.9 Å². The van der Waals surface area contributed by atoms with Crippen molar-refractivity contribution in [2.45, 2.75) is 37.9 Å². The van der Waals surface area contributed by atoms with Crippen LogP contribution in [0.1, 0.15) is 31.2 Å². The molecule has 0 saturated heterocycles. The van der Waals surface area contributed by atoms with Crippen LogP contribution in [-0.4, -0.2) is 17.1 Å². The van der Waals surface area contributed by atoms with E-state index in [0.717, 1.165) is 6.07 Å². The average molecular weight is 287 g/mol. The zero-order chi connectivity index (χ0) is 14.8. The fourth-order valence-electron chi connectivity index (χ4n) is 2.62. The summed E-state index contributed by atoms with van der Waals surface area (Å²) >= 11 is 0. The van der Waals surface area contributed by atoms with Gasteiger partial charge in [0.2, 0.25) is 0 Å². The van der Waals surface area contributed by atoms with Crippen molar-refractivity contribution < 1.29 is 23.1 Å². The van der Waals surface area contributed by atoms with Gasteiger partial charge in [0.15, 0.2) is 0 Å². The summed E-state index contributed by atoms with van der Waals surface area (Å²) in [6, 6.07) is 5.06. The van der Waals surface area contributed by atoms with Crippen LogP contribution in [0.25, 0.3) is 0 Å². The molecule has 1 fully saturated rings. The van der Waals surface area contributed by atoms with E-state index in [4.69, 9.17) is 5.11 Å². The van der Waals surface area contributed by atoms with Gasteiger partial charge in [-0.15, -0.1) is 0 Å². The van der Waals surface area contributed by atoms with Gasteiger partial charge in [0.25, 0.3) is 0 Å². The molecule has 1 aliphatic rings. The highest BCUT2D eigenvalue weighted by Gasteiger charge is 2.34. The third-order valence-corrected chi connectivity index (χ3v) is 3.62. The van der Waals surface area contributed by atoms with Crippen LogP contribution in [0.2, 0.25) is 0 Å². The fraction of sp³-hybridized carbons (Fsp3) is 0.500. The maximum Gasteiger partial charge on any atom is 0.418 e. The molecule has 0 aromatic heterocycles. The van der Waals surface area contributed by atoms with E-state index < -0.39 is 23.6 Å². The van der Waals surface area contributed by atoms with Gasteiger partial charge in [0, 0.05) is 11.7 Å². The summed E-state index contributed by atoms with van der Waals surface area (Å²) in [5.41, 5.74) is -0.687. The summed E-state index contributed by atoms with van der Waals surface area (Å²) in [6.07, 6.45) is -2.06. The lowest BCUT2D eigenvalue weighted by Gasteiger charge is -2.29. The van der Waals surface area contributed by atoms with Crippen LogP contribution in [0.15, 0.2) is 24.3 Å². The smallest absolute Gasteiger partial charge is 0.418 e. The van der Waals surface area contributed by atoms with Gasteiger partial charge < -0.3 is 10.4 Å². The first-order chi connectivity index (χ1) is 9.38. The van der Waals surface area contributed by atoms with Gasteiger partial charge in [-0.3, -0.25) is 4.79 Å². The molecule has 1 saturated carbocycles. The quantitative estimate of drug-likeness (QED) is 0.890. The zero-order valence-corrected chi connectivity index (χ0v) is 10.8. The minimum absolute atomic E-state index is 0.0241. The first-order valence-corrected chi connectivity index (χ1v) is 6.53. The first kappa shape index (κ1) is 14.7. The number of hydrogen-bond donors (Lipinski definition) is 2. The van der Waals surface area contributed by atoms with Crippen molar-refractivity contribution >= 4 is 11.7 Å². The SMILES string of the molecule is O=C(O)C1CCCC(Nc2ccccc2C(F)(F)F)C1. The van der Waals surface area contributed by atoms with E-state index in [1.807, 2.05) is 0 Å². The van der Waals surface area contributed by atoms with Crippen LogP contribution >= 0.6 is 0 Å². The van der Waals surface area contributed by atoms with Gasteiger partial charge in [-0.2, -0.15) is 13.2 Å². The van der Waals surface area contributed by atoms with Crippen molar-refractivity contribution in [3.05, 3.63) is 29.8 Å². The summed E-state index contributed by atoms with van der Waals surface area (Å²) < 4.78 is 38.6. The Hall–Kier alpha value is -1.72. The summed E-state index contributed by atoms with van der Waals surface area (Å²) in [5, 5.41) is 11.9. The van der Waals surface area contributed by atoms with Crippen molar-refractivity contribution in [2.24, 2.45) is 5.92 Å². The normalized spacial score (nSPS) is 23.4. The fourth-order valence-corrected chi connectivity index (χ4v) is 2.62. The number of para-hydroxylation sites is 1. The molecule has 1 aromatic carbocycles. The van der Waals surface area contributed by atoms with Gasteiger partial charge >= 0.3 is 12.1 Å². The summed E-state index contributed by atoms with van der Waals surface area (Å²) in [7, 11) is 0. The maximum atomic E-state index is 12.9. The molecule has 2 atom stereocenters. The van der Waals surface area contributed by atoms with E-state index in [-0.39, 0.29) is 11.7 Å². The number of halogens is 3. The van der Waals surface area contributed by atoms with Crippen LogP contribution in [0, 0.1) is 5.92 Å². The molecule has 0 amide bonds. The molecule has 2 N–H and O–H groups in total. The molecule has 2 rings (SSSR count). The van der Waals surface area contributed by atoms with Gasteiger partial charge in [0.1, 0.15) is 0 Å². The summed E-state index contributed by atoms with van der Waals surface area (Å²) in [6.45, 7) is 0. The number of hydrogen-bond acceptors (Lipinski definition) is 2. The third-order valence-electron chi connectivity index (χ3n) is 3.62. The third kappa shape index (κ3) is 3.43. The molecule has 0 radical (unpaired) electrons. The molecule has 6 heteroatoms. The van der Waals surface area contributed by atoms with Crippen LogP contribution < -0.4 is 5.32 Å². The second kappa shape index (κ2) is 5.73. The van der Waals surface area contributed by atoms with E-state index in [1.165, 1.54) is 18.2 Å². The molecule has 0 aliphatic heterocycles. The number of nitrogens with one attached hydrogen (secondary N) is 1. The average Bonchev–Trinajstić information content (AvgIpc) is 2.38. The number of alkyl halides is 3. The lowest BCUT2D eigenvalue weighted by molar-refractivity contribution is -0.143. The largest absolute Gasteiger partial charge is 0.481 e. The highest BCUT2D eigenvalue weighted by atomic mass is 19.4. The number of carboxylic acids is 1. The standard InChI is InChI=1S/C14H16F3NO2/c15-14(16,17)11-6-1-2-7-12(11)18-10-5-3-4-9(8-10)13(19)20/h1-2,6-7,9-10,18H,3-5,8H2,(H,19,20). The summed E-state index contributed by atoms with van der Waals surface area (Å²) in [4.78, 5) is 11.0. The molecule has 0 heterocycles. The van der Waals surface area contributed by atoms with Crippen molar-refractivity contribution in [3.63, 3.8) is 0 Å². The highest BCUT2D eigenvalue weighted by Crippen LogP contribution is 2.36. The predicted molar refractivity (Wildman–Crippen MR) is 68.4 cm³/mol. The Kier molecular flexibility index (Phi) is 4.20. The van der Waals surface area contributed by atoms with E-state index in [1.54, 1.807) is 0 Å². The van der Waals surface area contributed by atoms with E-state index in [2.05, 4.69) is 5.32 Å². The first-order valence-electron chi connectivity index (χ1n) is 6.53. The van der Waals surface area contributed by atoms with Gasteiger partial charge in [-0.1, -0.05) is 18.6 Å². The van der Waals surface area contributed by atoms with Gasteiger partial charge in [-0.25, -0.2) is 0 Å². The van der Waals surface area contributed by atoms with E-state index in [9.17, 15) is 18.0 Å². The number of rotatable bonds is 3. The molecule has 110 valence electrons. The Morgan fingerprint density at radius 2 is 1.95 bits per heavy atom. The Bertz CT molecular complexity index is 488. The Morgan fingerprint density at radius 3 is 2.60 bits per heavy atom. The molecule has 0 spiro atoms. The molecular weight excluding hydrogens is 271 g/mol. The molecule has 0 bridgehead atoms. The van der Waals surface area contributed by atoms with E-state index >= 15 is 0 Å². The van der Waals surface area contributed by atoms with Crippen LogP contribution in [-0.2, 0) is 11.0 Å². The topological polar surface area (TPSA) is 49.3 Å². The molecule has 1 aromatic rings. The number of aliphatic carboxylic acids is 1. The van der Waals surface area contributed by atoms with Crippen molar-refractivity contribution in [3.8, 4) is 0 Å². The molecular formula is C14H16F3NO2. The monoisotopic (exact) mass is 287 g/mol. The van der Waals surface area contributed by atoms with Crippen molar-refractivity contribution in [1.82, 2.24) is 0 Å². The molecule has 3 nitrogen and oxygen atoms in total. The second-order valence-corrected chi connectivity index (χ2v) is 5.09. The molecule has 1 aliphatic carbocycles. The van der Waals surface area contributed by atoms with Gasteiger partial charge in [0.05, 0.1) is 11.5 Å². The number of benzene rings is 1. The predicted octanol–water partition coefficient (Wildman–Crippen LogP) is 3.76. The summed E-state index contributed by atoms with van der Waals surface area (Å²) in [5.74, 6) is -1.35. The number of anilines is 1. The van der Waals surface area contributed by atoms with Crippen molar-refractivity contribution in [2.75, 3.05) is 5.32 Å². The van der Waals surface area contributed by atoms with Crippen LogP contribution in [0.5, 0.6) is 0 Å². The molecule has 20 heavy (non-hydrogen) atoms. The highest BCUT2D eigenvalue weighted by molar-refractivity contribution is 5.70. The van der Waals surface area contributed by atoms with E-state index in [0.29, 0.717) is 25.7 Å². The Balaban J connectivity index is 2.12. The minimum atomic E-state index is -4.41. The lowest BCUT2D eigenvalue weighted by atomic mass is 9.85. The zero-order valence-electron chi connectivity index (χ0n) is 10.8. The minimum Gasteiger partial charge on any atom is -0.481 e. The van der Waals surface area contributed by atoms with Gasteiger partial charge in [-0.05, 0) is 31.4 Å². The maximum absolute atomic E-state index is 12.9.